The van der Waals surface area contributed by atoms with E-state index in [1.165, 1.54) is 0 Å². The summed E-state index contributed by atoms with van der Waals surface area (Å²) in [7, 11) is 0. The molecule has 0 amide bonds. The van der Waals surface area contributed by atoms with Gasteiger partial charge in [-0.05, 0) is 44.0 Å². The molecule has 3 heteroatoms. The number of ether oxygens (including phenoxy) is 1. The Bertz CT molecular complexity index is 319. The van der Waals surface area contributed by atoms with Crippen LogP contribution in [0.15, 0.2) is 24.3 Å². The number of hydrogen-bond acceptors (Lipinski definition) is 2. The third-order valence-corrected chi connectivity index (χ3v) is 2.95. The number of rotatable bonds is 2. The van der Waals surface area contributed by atoms with E-state index in [-0.39, 0.29) is 6.10 Å². The predicted octanol–water partition coefficient (Wildman–Crippen LogP) is 2.63. The molecule has 1 saturated carbocycles. The molecule has 0 saturated heterocycles. The zero-order chi connectivity index (χ0) is 10.2. The lowest BCUT2D eigenvalue weighted by molar-refractivity contribution is -0.118. The summed E-state index contributed by atoms with van der Waals surface area (Å²) in [5.74, 6) is 0.763. The van der Waals surface area contributed by atoms with E-state index < -0.39 is 5.60 Å². The first-order valence-electron chi connectivity index (χ1n) is 4.72. The van der Waals surface area contributed by atoms with E-state index in [1.54, 1.807) is 19.1 Å². The van der Waals surface area contributed by atoms with Crippen molar-refractivity contribution in [3.05, 3.63) is 29.3 Å². The van der Waals surface area contributed by atoms with Crippen molar-refractivity contribution < 1.29 is 9.84 Å². The molecule has 76 valence electrons. The van der Waals surface area contributed by atoms with Gasteiger partial charge in [0.25, 0.3) is 0 Å². The maximum absolute atomic E-state index is 9.74. The average Bonchev–Trinajstić information content (AvgIpc) is 2.15. The van der Waals surface area contributed by atoms with Crippen LogP contribution < -0.4 is 4.74 Å². The molecule has 1 aliphatic rings. The molecule has 1 aliphatic carbocycles. The standard InChI is InChI=1S/C11H13ClO2/c1-11(13)7-6-10(11)14-9-4-2-8(12)3-5-9/h2-5,10,13H,6-7H2,1H3/t10-,11-/m0/s1. The highest BCUT2D eigenvalue weighted by Crippen LogP contribution is 2.35. The Kier molecular flexibility index (Phi) is 2.41. The minimum atomic E-state index is -0.667. The lowest BCUT2D eigenvalue weighted by atomic mass is 9.78. The second-order valence-corrected chi connectivity index (χ2v) is 4.39. The summed E-state index contributed by atoms with van der Waals surface area (Å²) in [5.41, 5.74) is -0.667. The molecule has 0 aliphatic heterocycles. The minimum absolute atomic E-state index is 0.0799. The molecule has 14 heavy (non-hydrogen) atoms. The summed E-state index contributed by atoms with van der Waals surface area (Å²) in [4.78, 5) is 0. The molecule has 0 unspecified atom stereocenters. The van der Waals surface area contributed by atoms with Gasteiger partial charge in [0.1, 0.15) is 11.9 Å². The number of benzene rings is 1. The maximum Gasteiger partial charge on any atom is 0.127 e. The number of hydrogen-bond donors (Lipinski definition) is 1. The van der Waals surface area contributed by atoms with E-state index in [1.807, 2.05) is 12.1 Å². The summed E-state index contributed by atoms with van der Waals surface area (Å²) in [6.07, 6.45) is 1.64. The van der Waals surface area contributed by atoms with Gasteiger partial charge in [-0.1, -0.05) is 11.6 Å². The summed E-state index contributed by atoms with van der Waals surface area (Å²) < 4.78 is 5.61. The summed E-state index contributed by atoms with van der Waals surface area (Å²) in [5, 5.41) is 10.4. The van der Waals surface area contributed by atoms with E-state index in [4.69, 9.17) is 16.3 Å². The van der Waals surface area contributed by atoms with Crippen molar-refractivity contribution in [3.63, 3.8) is 0 Å². The van der Waals surface area contributed by atoms with Crippen molar-refractivity contribution >= 4 is 11.6 Å². The van der Waals surface area contributed by atoms with Gasteiger partial charge in [0.15, 0.2) is 0 Å². The fourth-order valence-electron chi connectivity index (χ4n) is 1.54. The van der Waals surface area contributed by atoms with Crippen LogP contribution in [0.5, 0.6) is 5.75 Å². The summed E-state index contributed by atoms with van der Waals surface area (Å²) in [6, 6.07) is 7.20. The predicted molar refractivity (Wildman–Crippen MR) is 55.7 cm³/mol. The molecule has 1 aromatic rings. The van der Waals surface area contributed by atoms with E-state index in [0.29, 0.717) is 5.02 Å². The van der Waals surface area contributed by atoms with Crippen molar-refractivity contribution in [1.82, 2.24) is 0 Å². The second kappa shape index (κ2) is 3.44. The van der Waals surface area contributed by atoms with E-state index >= 15 is 0 Å². The van der Waals surface area contributed by atoms with Gasteiger partial charge in [-0.15, -0.1) is 0 Å². The first-order chi connectivity index (χ1) is 6.58. The molecule has 2 nitrogen and oxygen atoms in total. The molecule has 2 atom stereocenters. The largest absolute Gasteiger partial charge is 0.487 e. The Balaban J connectivity index is 2.01. The van der Waals surface area contributed by atoms with Crippen molar-refractivity contribution in [3.8, 4) is 5.75 Å². The highest BCUT2D eigenvalue weighted by atomic mass is 35.5. The van der Waals surface area contributed by atoms with Crippen LogP contribution in [0.1, 0.15) is 19.8 Å². The minimum Gasteiger partial charge on any atom is -0.487 e. The lowest BCUT2D eigenvalue weighted by Crippen LogP contribution is -2.52. The van der Waals surface area contributed by atoms with Crippen molar-refractivity contribution in [2.24, 2.45) is 0 Å². The van der Waals surface area contributed by atoms with Crippen LogP contribution in [0.2, 0.25) is 5.02 Å². The van der Waals surface area contributed by atoms with Crippen molar-refractivity contribution in [1.29, 1.82) is 0 Å². The van der Waals surface area contributed by atoms with Gasteiger partial charge in [0.2, 0.25) is 0 Å². The van der Waals surface area contributed by atoms with Gasteiger partial charge < -0.3 is 9.84 Å². The van der Waals surface area contributed by atoms with Crippen LogP contribution in [0.3, 0.4) is 0 Å². The van der Waals surface area contributed by atoms with Crippen LogP contribution in [0.25, 0.3) is 0 Å². The summed E-state index contributed by atoms with van der Waals surface area (Å²) in [6.45, 7) is 1.80. The van der Waals surface area contributed by atoms with Gasteiger partial charge in [-0.2, -0.15) is 0 Å². The lowest BCUT2D eigenvalue weighted by Gasteiger charge is -2.42. The van der Waals surface area contributed by atoms with Crippen LogP contribution in [-0.2, 0) is 0 Å². The van der Waals surface area contributed by atoms with Crippen LogP contribution in [0, 0.1) is 0 Å². The number of halogens is 1. The van der Waals surface area contributed by atoms with Gasteiger partial charge in [-0.25, -0.2) is 0 Å². The molecule has 2 rings (SSSR count). The van der Waals surface area contributed by atoms with Crippen molar-refractivity contribution in [2.45, 2.75) is 31.5 Å². The molecular formula is C11H13ClO2. The highest BCUT2D eigenvalue weighted by Gasteiger charge is 2.42. The Morgan fingerprint density at radius 2 is 2.07 bits per heavy atom. The first kappa shape index (κ1) is 9.81. The molecular weight excluding hydrogens is 200 g/mol. The second-order valence-electron chi connectivity index (χ2n) is 3.96. The van der Waals surface area contributed by atoms with Gasteiger partial charge in [0, 0.05) is 5.02 Å². The molecule has 0 spiro atoms. The monoisotopic (exact) mass is 212 g/mol. The fourth-order valence-corrected chi connectivity index (χ4v) is 1.67. The average molecular weight is 213 g/mol. The Hall–Kier alpha value is -0.730. The maximum atomic E-state index is 9.74. The normalized spacial score (nSPS) is 30.9. The van der Waals surface area contributed by atoms with Crippen LogP contribution in [-0.4, -0.2) is 16.8 Å². The zero-order valence-electron chi connectivity index (χ0n) is 8.03. The fraction of sp³-hybridized carbons (Fsp3) is 0.455. The Labute approximate surface area is 88.5 Å². The molecule has 1 aromatic carbocycles. The molecule has 0 bridgehead atoms. The van der Waals surface area contributed by atoms with Gasteiger partial charge in [0.05, 0.1) is 5.60 Å². The Morgan fingerprint density at radius 3 is 2.50 bits per heavy atom. The van der Waals surface area contributed by atoms with Crippen LogP contribution >= 0.6 is 11.6 Å². The summed E-state index contributed by atoms with van der Waals surface area (Å²) >= 11 is 5.75. The smallest absolute Gasteiger partial charge is 0.127 e. The topological polar surface area (TPSA) is 29.5 Å². The molecule has 0 radical (unpaired) electrons. The van der Waals surface area contributed by atoms with Crippen LogP contribution in [0.4, 0.5) is 0 Å². The number of aliphatic hydroxyl groups is 1. The van der Waals surface area contributed by atoms with E-state index in [9.17, 15) is 5.11 Å². The van der Waals surface area contributed by atoms with Gasteiger partial charge >= 0.3 is 0 Å². The van der Waals surface area contributed by atoms with E-state index in [0.717, 1.165) is 18.6 Å². The highest BCUT2D eigenvalue weighted by molar-refractivity contribution is 6.30. The third kappa shape index (κ3) is 1.86. The van der Waals surface area contributed by atoms with Gasteiger partial charge in [-0.3, -0.25) is 0 Å². The third-order valence-electron chi connectivity index (χ3n) is 2.70. The zero-order valence-corrected chi connectivity index (χ0v) is 8.79. The Morgan fingerprint density at radius 1 is 1.43 bits per heavy atom. The van der Waals surface area contributed by atoms with E-state index in [2.05, 4.69) is 0 Å². The molecule has 0 heterocycles. The first-order valence-corrected chi connectivity index (χ1v) is 5.10. The quantitative estimate of drug-likeness (QED) is 0.817. The SMILES string of the molecule is C[C@]1(O)CC[C@@H]1Oc1ccc(Cl)cc1. The molecule has 1 fully saturated rings. The molecule has 0 aromatic heterocycles. The van der Waals surface area contributed by atoms with Crippen molar-refractivity contribution in [2.75, 3.05) is 0 Å². The molecule has 1 N–H and O–H groups in total.